The van der Waals surface area contributed by atoms with E-state index in [0.717, 1.165) is 64.9 Å². The van der Waals surface area contributed by atoms with Crippen LogP contribution in [0.4, 0.5) is 0 Å². The highest BCUT2D eigenvalue weighted by atomic mass is 16.5. The van der Waals surface area contributed by atoms with E-state index in [2.05, 4.69) is 51.3 Å². The van der Waals surface area contributed by atoms with Crippen LogP contribution in [0, 0.1) is 12.8 Å². The topological polar surface area (TPSA) is 60.4 Å². The van der Waals surface area contributed by atoms with Crippen LogP contribution in [0.15, 0.2) is 29.3 Å². The molecule has 29 heavy (non-hydrogen) atoms. The van der Waals surface area contributed by atoms with Gasteiger partial charge in [0.15, 0.2) is 5.96 Å². The Bertz CT molecular complexity index is 692. The van der Waals surface area contributed by atoms with E-state index in [4.69, 9.17) is 4.74 Å². The number of hydrogen-bond acceptors (Lipinski definition) is 4. The van der Waals surface area contributed by atoms with Crippen molar-refractivity contribution in [3.8, 4) is 0 Å². The van der Waals surface area contributed by atoms with Gasteiger partial charge in [-0.15, -0.1) is 0 Å². The van der Waals surface area contributed by atoms with E-state index < -0.39 is 0 Å². The maximum Gasteiger partial charge on any atom is 0.243 e. The molecule has 1 amide bonds. The summed E-state index contributed by atoms with van der Waals surface area (Å²) in [7, 11) is 3.54. The first kappa shape index (κ1) is 21.6. The van der Waals surface area contributed by atoms with Crippen molar-refractivity contribution in [2.24, 2.45) is 10.9 Å². The smallest absolute Gasteiger partial charge is 0.243 e. The summed E-state index contributed by atoms with van der Waals surface area (Å²) in [6, 6.07) is 8.73. The van der Waals surface area contributed by atoms with Gasteiger partial charge >= 0.3 is 0 Å². The largest absolute Gasteiger partial charge is 0.381 e. The molecule has 7 nitrogen and oxygen atoms in total. The third-order valence-corrected chi connectivity index (χ3v) is 5.60. The highest BCUT2D eigenvalue weighted by molar-refractivity contribution is 5.85. The van der Waals surface area contributed by atoms with Crippen molar-refractivity contribution in [2.45, 2.75) is 19.9 Å². The van der Waals surface area contributed by atoms with Crippen molar-refractivity contribution in [1.82, 2.24) is 20.0 Å². The Balaban J connectivity index is 1.55. The van der Waals surface area contributed by atoms with Gasteiger partial charge in [-0.05, 0) is 18.9 Å². The van der Waals surface area contributed by atoms with Crippen LogP contribution in [-0.2, 0) is 16.1 Å². The van der Waals surface area contributed by atoms with E-state index in [9.17, 15) is 4.79 Å². The molecule has 160 valence electrons. The van der Waals surface area contributed by atoms with Crippen molar-refractivity contribution < 1.29 is 9.53 Å². The van der Waals surface area contributed by atoms with Crippen LogP contribution in [-0.4, -0.2) is 93.1 Å². The van der Waals surface area contributed by atoms with E-state index in [0.29, 0.717) is 5.92 Å². The van der Waals surface area contributed by atoms with Crippen LogP contribution < -0.4 is 5.32 Å². The van der Waals surface area contributed by atoms with E-state index in [1.165, 1.54) is 11.1 Å². The van der Waals surface area contributed by atoms with E-state index in [1.54, 1.807) is 19.0 Å². The molecule has 7 heteroatoms. The van der Waals surface area contributed by atoms with Crippen LogP contribution in [0.25, 0.3) is 0 Å². The summed E-state index contributed by atoms with van der Waals surface area (Å²) >= 11 is 0. The third kappa shape index (κ3) is 6.72. The van der Waals surface area contributed by atoms with Gasteiger partial charge in [-0.3, -0.25) is 9.69 Å². The van der Waals surface area contributed by atoms with Crippen LogP contribution in [0.2, 0.25) is 0 Å². The van der Waals surface area contributed by atoms with Gasteiger partial charge in [0.2, 0.25) is 5.91 Å². The molecule has 0 spiro atoms. The average Bonchev–Trinajstić information content (AvgIpc) is 3.22. The minimum absolute atomic E-state index is 0.0200. The Morgan fingerprint density at radius 2 is 2.07 bits per heavy atom. The summed E-state index contributed by atoms with van der Waals surface area (Å²) < 4.78 is 5.48. The molecule has 1 aromatic carbocycles. The highest BCUT2D eigenvalue weighted by Crippen LogP contribution is 2.13. The number of aryl methyl sites for hydroxylation is 1. The van der Waals surface area contributed by atoms with Crippen LogP contribution >= 0.6 is 0 Å². The molecule has 3 rings (SSSR count). The second-order valence-electron chi connectivity index (χ2n) is 8.29. The number of carbonyl (C=O) groups excluding carboxylic acids is 1. The predicted molar refractivity (Wildman–Crippen MR) is 116 cm³/mol. The predicted octanol–water partition coefficient (Wildman–Crippen LogP) is 1.18. The van der Waals surface area contributed by atoms with E-state index in [1.807, 2.05) is 0 Å². The normalized spacial score (nSPS) is 20.7. The second kappa shape index (κ2) is 10.6. The minimum Gasteiger partial charge on any atom is -0.381 e. The fourth-order valence-electron chi connectivity index (χ4n) is 3.72. The molecular formula is C22H35N5O2. The lowest BCUT2D eigenvalue weighted by molar-refractivity contribution is -0.127. The molecule has 0 aliphatic carbocycles. The second-order valence-corrected chi connectivity index (χ2v) is 8.29. The van der Waals surface area contributed by atoms with Crippen molar-refractivity contribution in [1.29, 1.82) is 0 Å². The number of ether oxygens (including phenoxy) is 1. The molecule has 1 unspecified atom stereocenters. The van der Waals surface area contributed by atoms with Crippen molar-refractivity contribution in [2.75, 3.05) is 66.6 Å². The molecule has 1 aromatic rings. The average molecular weight is 402 g/mol. The Morgan fingerprint density at radius 3 is 2.72 bits per heavy atom. The highest BCUT2D eigenvalue weighted by Gasteiger charge is 2.22. The monoisotopic (exact) mass is 401 g/mol. The maximum atomic E-state index is 12.0. The zero-order valence-electron chi connectivity index (χ0n) is 18.1. The fraction of sp³-hybridized carbons (Fsp3) is 0.636. The first-order valence-electron chi connectivity index (χ1n) is 10.6. The fourth-order valence-corrected chi connectivity index (χ4v) is 3.72. The summed E-state index contributed by atoms with van der Waals surface area (Å²) in [6.07, 6.45) is 1.08. The molecule has 2 saturated heterocycles. The third-order valence-electron chi connectivity index (χ3n) is 5.60. The number of nitrogens with zero attached hydrogens (tertiary/aromatic N) is 4. The van der Waals surface area contributed by atoms with Crippen LogP contribution in [0.3, 0.4) is 0 Å². The number of piperazine rings is 1. The summed E-state index contributed by atoms with van der Waals surface area (Å²) in [6.45, 7) is 9.60. The number of likely N-dealkylation sites (N-methyl/N-ethyl adjacent to an activating group) is 1. The summed E-state index contributed by atoms with van der Waals surface area (Å²) in [5.74, 6) is 1.39. The van der Waals surface area contributed by atoms with Gasteiger partial charge in [0.05, 0.1) is 6.61 Å². The summed E-state index contributed by atoms with van der Waals surface area (Å²) in [4.78, 5) is 23.0. The number of amides is 1. The molecule has 0 bridgehead atoms. The molecule has 0 aromatic heterocycles. The SMILES string of the molecule is Cc1cccc(CN2CCN(C(=NCC(=O)N(C)C)NCC3CCOC3)CC2)c1. The van der Waals surface area contributed by atoms with Gasteiger partial charge in [0.25, 0.3) is 0 Å². The Labute approximate surface area is 174 Å². The molecule has 2 fully saturated rings. The molecule has 0 radical (unpaired) electrons. The molecular weight excluding hydrogens is 366 g/mol. The maximum absolute atomic E-state index is 12.0. The first-order chi connectivity index (χ1) is 14.0. The van der Waals surface area contributed by atoms with E-state index in [-0.39, 0.29) is 12.5 Å². The molecule has 1 N–H and O–H groups in total. The van der Waals surface area contributed by atoms with Crippen LogP contribution in [0.5, 0.6) is 0 Å². The van der Waals surface area contributed by atoms with Gasteiger partial charge in [0, 0.05) is 65.9 Å². The lowest BCUT2D eigenvalue weighted by atomic mass is 10.1. The van der Waals surface area contributed by atoms with Gasteiger partial charge in [-0.25, -0.2) is 4.99 Å². The quantitative estimate of drug-likeness (QED) is 0.573. The Morgan fingerprint density at radius 1 is 1.28 bits per heavy atom. The van der Waals surface area contributed by atoms with Crippen LogP contribution in [0.1, 0.15) is 17.5 Å². The Hall–Kier alpha value is -2.12. The van der Waals surface area contributed by atoms with Crippen molar-refractivity contribution in [3.63, 3.8) is 0 Å². The number of aliphatic imine (C=N–C) groups is 1. The number of guanidine groups is 1. The van der Waals surface area contributed by atoms with Gasteiger partial charge in [-0.2, -0.15) is 0 Å². The standard InChI is InChI=1S/C22H35N5O2/c1-18-5-4-6-19(13-18)16-26-8-10-27(11-9-26)22(24-15-21(28)25(2)3)23-14-20-7-12-29-17-20/h4-6,13,20H,7-12,14-17H2,1-3H3,(H,23,24). The van der Waals surface area contributed by atoms with Crippen molar-refractivity contribution in [3.05, 3.63) is 35.4 Å². The van der Waals surface area contributed by atoms with Gasteiger partial charge < -0.3 is 19.9 Å². The number of hydrogen-bond donors (Lipinski definition) is 1. The van der Waals surface area contributed by atoms with Gasteiger partial charge in [0.1, 0.15) is 6.54 Å². The lowest BCUT2D eigenvalue weighted by Crippen LogP contribution is -2.53. The number of rotatable bonds is 6. The zero-order valence-corrected chi connectivity index (χ0v) is 18.1. The zero-order chi connectivity index (χ0) is 20.6. The molecule has 1 atom stereocenters. The lowest BCUT2D eigenvalue weighted by Gasteiger charge is -2.37. The Kier molecular flexibility index (Phi) is 7.89. The molecule has 2 aliphatic heterocycles. The first-order valence-corrected chi connectivity index (χ1v) is 10.6. The molecule has 0 saturated carbocycles. The van der Waals surface area contributed by atoms with Gasteiger partial charge in [-0.1, -0.05) is 29.8 Å². The molecule has 2 heterocycles. The van der Waals surface area contributed by atoms with E-state index >= 15 is 0 Å². The number of carbonyl (C=O) groups is 1. The summed E-state index contributed by atoms with van der Waals surface area (Å²) in [5, 5.41) is 3.50. The van der Waals surface area contributed by atoms with Crippen molar-refractivity contribution >= 4 is 11.9 Å². The summed E-state index contributed by atoms with van der Waals surface area (Å²) in [5.41, 5.74) is 2.67. The molecule has 2 aliphatic rings. The number of benzene rings is 1. The number of nitrogens with one attached hydrogen (secondary N) is 1. The minimum atomic E-state index is 0.0200.